The summed E-state index contributed by atoms with van der Waals surface area (Å²) in [6.07, 6.45) is 2.01. The SMILES string of the molecule is CCc1noc(CC)c1CC(=O)N1CCNC(C)C1. The molecule has 0 spiro atoms. The van der Waals surface area contributed by atoms with Crippen LogP contribution in [0.3, 0.4) is 0 Å². The molecule has 0 saturated carbocycles. The first-order valence-electron chi connectivity index (χ1n) is 7.13. The molecule has 19 heavy (non-hydrogen) atoms. The first-order chi connectivity index (χ1) is 9.15. The highest BCUT2D eigenvalue weighted by atomic mass is 16.5. The van der Waals surface area contributed by atoms with Gasteiger partial charge in [-0.1, -0.05) is 19.0 Å². The summed E-state index contributed by atoms with van der Waals surface area (Å²) in [5.74, 6) is 1.04. The number of amides is 1. The zero-order chi connectivity index (χ0) is 13.8. The molecule has 0 bridgehead atoms. The average molecular weight is 265 g/mol. The molecule has 5 nitrogen and oxygen atoms in total. The van der Waals surface area contributed by atoms with Gasteiger partial charge in [-0.15, -0.1) is 0 Å². The first kappa shape index (κ1) is 14.1. The summed E-state index contributed by atoms with van der Waals surface area (Å²) in [6, 6.07) is 0.372. The molecular weight excluding hydrogens is 242 g/mol. The summed E-state index contributed by atoms with van der Waals surface area (Å²) in [7, 11) is 0. The molecule has 2 rings (SSSR count). The van der Waals surface area contributed by atoms with E-state index in [0.29, 0.717) is 12.5 Å². The molecule has 1 aliphatic heterocycles. The summed E-state index contributed by atoms with van der Waals surface area (Å²) < 4.78 is 5.31. The Bertz CT molecular complexity index is 420. The Morgan fingerprint density at radius 1 is 1.47 bits per heavy atom. The van der Waals surface area contributed by atoms with Crippen molar-refractivity contribution >= 4 is 5.91 Å². The van der Waals surface area contributed by atoms with E-state index < -0.39 is 0 Å². The number of rotatable bonds is 4. The molecule has 1 fully saturated rings. The summed E-state index contributed by atoms with van der Waals surface area (Å²) in [6.45, 7) is 8.62. The number of carbonyl (C=O) groups is 1. The van der Waals surface area contributed by atoms with E-state index >= 15 is 0 Å². The van der Waals surface area contributed by atoms with Crippen molar-refractivity contribution in [3.8, 4) is 0 Å². The molecule has 1 atom stereocenters. The van der Waals surface area contributed by atoms with E-state index in [1.54, 1.807) is 0 Å². The molecule has 1 aromatic heterocycles. The topological polar surface area (TPSA) is 58.4 Å². The molecule has 1 N–H and O–H groups in total. The smallest absolute Gasteiger partial charge is 0.227 e. The normalized spacial score (nSPS) is 19.7. The van der Waals surface area contributed by atoms with Crippen LogP contribution in [0.4, 0.5) is 0 Å². The third-order valence-electron chi connectivity index (χ3n) is 3.66. The van der Waals surface area contributed by atoms with Gasteiger partial charge >= 0.3 is 0 Å². The highest BCUT2D eigenvalue weighted by Crippen LogP contribution is 2.17. The quantitative estimate of drug-likeness (QED) is 0.887. The lowest BCUT2D eigenvalue weighted by Crippen LogP contribution is -2.51. The van der Waals surface area contributed by atoms with Crippen LogP contribution in [0.2, 0.25) is 0 Å². The van der Waals surface area contributed by atoms with Crippen molar-refractivity contribution in [2.45, 2.75) is 46.1 Å². The second kappa shape index (κ2) is 6.19. The second-order valence-electron chi connectivity index (χ2n) is 5.11. The van der Waals surface area contributed by atoms with E-state index in [2.05, 4.69) is 17.4 Å². The van der Waals surface area contributed by atoms with Gasteiger partial charge < -0.3 is 14.7 Å². The Labute approximate surface area is 114 Å². The number of carbonyl (C=O) groups excluding carboxylic acids is 1. The molecule has 1 aromatic rings. The molecule has 1 amide bonds. The van der Waals surface area contributed by atoms with Crippen molar-refractivity contribution in [2.75, 3.05) is 19.6 Å². The van der Waals surface area contributed by atoms with Gasteiger partial charge in [0.1, 0.15) is 5.76 Å². The highest BCUT2D eigenvalue weighted by molar-refractivity contribution is 5.79. The van der Waals surface area contributed by atoms with Crippen LogP contribution in [-0.4, -0.2) is 41.6 Å². The highest BCUT2D eigenvalue weighted by Gasteiger charge is 2.23. The van der Waals surface area contributed by atoms with Gasteiger partial charge in [-0.05, 0) is 13.3 Å². The Kier molecular flexibility index (Phi) is 4.58. The van der Waals surface area contributed by atoms with Crippen LogP contribution in [0.15, 0.2) is 4.52 Å². The fourth-order valence-corrected chi connectivity index (χ4v) is 2.56. The van der Waals surface area contributed by atoms with Crippen molar-refractivity contribution in [3.63, 3.8) is 0 Å². The third-order valence-corrected chi connectivity index (χ3v) is 3.66. The predicted octanol–water partition coefficient (Wildman–Crippen LogP) is 1.16. The van der Waals surface area contributed by atoms with Gasteiger partial charge in [-0.25, -0.2) is 0 Å². The standard InChI is InChI=1S/C14H23N3O2/c1-4-12-11(13(5-2)19-16-12)8-14(18)17-7-6-15-10(3)9-17/h10,15H,4-9H2,1-3H3. The lowest BCUT2D eigenvalue weighted by atomic mass is 10.1. The molecule has 1 saturated heterocycles. The molecule has 5 heteroatoms. The van der Waals surface area contributed by atoms with Crippen LogP contribution in [-0.2, 0) is 24.1 Å². The number of nitrogens with one attached hydrogen (secondary N) is 1. The van der Waals surface area contributed by atoms with E-state index in [0.717, 1.165) is 49.5 Å². The average Bonchev–Trinajstić information content (AvgIpc) is 2.80. The second-order valence-corrected chi connectivity index (χ2v) is 5.11. The molecule has 1 aliphatic rings. The summed E-state index contributed by atoms with van der Waals surface area (Å²) in [4.78, 5) is 14.3. The lowest BCUT2D eigenvalue weighted by molar-refractivity contribution is -0.131. The molecular formula is C14H23N3O2. The molecule has 0 radical (unpaired) electrons. The number of aryl methyl sites for hydroxylation is 2. The van der Waals surface area contributed by atoms with E-state index in [1.165, 1.54) is 0 Å². The zero-order valence-corrected chi connectivity index (χ0v) is 12.0. The van der Waals surface area contributed by atoms with E-state index in [9.17, 15) is 4.79 Å². The summed E-state index contributed by atoms with van der Waals surface area (Å²) >= 11 is 0. The zero-order valence-electron chi connectivity index (χ0n) is 12.0. The molecule has 106 valence electrons. The Morgan fingerprint density at radius 3 is 2.89 bits per heavy atom. The van der Waals surface area contributed by atoms with Gasteiger partial charge in [0.15, 0.2) is 0 Å². The largest absolute Gasteiger partial charge is 0.361 e. The van der Waals surface area contributed by atoms with E-state index in [1.807, 2.05) is 18.7 Å². The fourth-order valence-electron chi connectivity index (χ4n) is 2.56. The van der Waals surface area contributed by atoms with E-state index in [-0.39, 0.29) is 5.91 Å². The van der Waals surface area contributed by atoms with Crippen molar-refractivity contribution in [1.29, 1.82) is 0 Å². The van der Waals surface area contributed by atoms with Crippen LogP contribution < -0.4 is 5.32 Å². The van der Waals surface area contributed by atoms with Crippen molar-refractivity contribution in [3.05, 3.63) is 17.0 Å². The minimum absolute atomic E-state index is 0.181. The Balaban J connectivity index is 2.07. The van der Waals surface area contributed by atoms with Crippen molar-refractivity contribution in [2.24, 2.45) is 0 Å². The Hall–Kier alpha value is -1.36. The molecule has 2 heterocycles. The first-order valence-corrected chi connectivity index (χ1v) is 7.13. The maximum Gasteiger partial charge on any atom is 0.227 e. The maximum absolute atomic E-state index is 12.4. The summed E-state index contributed by atoms with van der Waals surface area (Å²) in [5, 5.41) is 7.41. The molecule has 0 aromatic carbocycles. The molecule has 1 unspecified atom stereocenters. The van der Waals surface area contributed by atoms with Gasteiger partial charge in [0.25, 0.3) is 0 Å². The van der Waals surface area contributed by atoms with Gasteiger partial charge in [-0.3, -0.25) is 4.79 Å². The van der Waals surface area contributed by atoms with Crippen LogP contribution >= 0.6 is 0 Å². The van der Waals surface area contributed by atoms with Gasteiger partial charge in [0.05, 0.1) is 12.1 Å². The maximum atomic E-state index is 12.4. The minimum Gasteiger partial charge on any atom is -0.361 e. The summed E-state index contributed by atoms with van der Waals surface area (Å²) in [5.41, 5.74) is 1.93. The fraction of sp³-hybridized carbons (Fsp3) is 0.714. The van der Waals surface area contributed by atoms with Gasteiger partial charge in [-0.2, -0.15) is 0 Å². The van der Waals surface area contributed by atoms with Gasteiger partial charge in [0.2, 0.25) is 5.91 Å². The third kappa shape index (κ3) is 3.15. The van der Waals surface area contributed by atoms with E-state index in [4.69, 9.17) is 4.52 Å². The van der Waals surface area contributed by atoms with Crippen LogP contribution in [0.1, 0.15) is 37.8 Å². The van der Waals surface area contributed by atoms with Crippen molar-refractivity contribution < 1.29 is 9.32 Å². The number of aromatic nitrogens is 1. The van der Waals surface area contributed by atoms with Gasteiger partial charge in [0, 0.05) is 37.7 Å². The number of hydrogen-bond acceptors (Lipinski definition) is 4. The Morgan fingerprint density at radius 2 is 2.26 bits per heavy atom. The van der Waals surface area contributed by atoms with Crippen LogP contribution in [0, 0.1) is 0 Å². The van der Waals surface area contributed by atoms with Crippen molar-refractivity contribution in [1.82, 2.24) is 15.4 Å². The lowest BCUT2D eigenvalue weighted by Gasteiger charge is -2.32. The molecule has 0 aliphatic carbocycles. The number of piperazine rings is 1. The van der Waals surface area contributed by atoms with Crippen LogP contribution in [0.5, 0.6) is 0 Å². The van der Waals surface area contributed by atoms with Crippen LogP contribution in [0.25, 0.3) is 0 Å². The minimum atomic E-state index is 0.181. The number of hydrogen-bond donors (Lipinski definition) is 1. The monoisotopic (exact) mass is 265 g/mol. The predicted molar refractivity (Wildman–Crippen MR) is 73.0 cm³/mol. The number of nitrogens with zero attached hydrogens (tertiary/aromatic N) is 2.